The number of hydrogen-bond donors (Lipinski definition) is 1. The third kappa shape index (κ3) is 4.92. The summed E-state index contributed by atoms with van der Waals surface area (Å²) in [7, 11) is 0. The van der Waals surface area contributed by atoms with Crippen molar-refractivity contribution < 1.29 is 4.79 Å². The number of aryl methyl sites for hydroxylation is 2. The summed E-state index contributed by atoms with van der Waals surface area (Å²) >= 11 is 2.90. The van der Waals surface area contributed by atoms with Crippen molar-refractivity contribution in [2.75, 3.05) is 16.8 Å². The zero-order valence-electron chi connectivity index (χ0n) is 15.8. The third-order valence-electron chi connectivity index (χ3n) is 4.61. The second-order valence-electron chi connectivity index (χ2n) is 6.66. The van der Waals surface area contributed by atoms with Gasteiger partial charge in [0.15, 0.2) is 5.16 Å². The Bertz CT molecular complexity index is 1050. The van der Waals surface area contributed by atoms with E-state index < -0.39 is 0 Å². The van der Waals surface area contributed by atoms with Crippen LogP contribution in [0.5, 0.6) is 0 Å². The number of fused-ring (bicyclic) bond motifs is 1. The number of para-hydroxylation sites is 1. The number of aromatic nitrogens is 2. The minimum Gasteiger partial charge on any atom is -0.325 e. The molecule has 7 heteroatoms. The molecule has 0 unspecified atom stereocenters. The zero-order chi connectivity index (χ0) is 20.1. The van der Waals surface area contributed by atoms with Crippen molar-refractivity contribution in [1.29, 1.82) is 0 Å². The summed E-state index contributed by atoms with van der Waals surface area (Å²) in [6.07, 6.45) is 1.55. The number of hydrogen-bond acceptors (Lipinski definition) is 5. The molecule has 1 N–H and O–H groups in total. The lowest BCUT2D eigenvalue weighted by Gasteiger charge is -2.14. The average molecular weight is 424 g/mol. The van der Waals surface area contributed by atoms with E-state index in [1.165, 1.54) is 17.3 Å². The van der Waals surface area contributed by atoms with E-state index in [0.717, 1.165) is 34.9 Å². The maximum atomic E-state index is 13.0. The molecule has 1 aliphatic rings. The summed E-state index contributed by atoms with van der Waals surface area (Å²) in [6, 6.07) is 19.5. The summed E-state index contributed by atoms with van der Waals surface area (Å²) in [5, 5.41) is 3.50. The van der Waals surface area contributed by atoms with Gasteiger partial charge in [-0.25, -0.2) is 4.98 Å². The van der Waals surface area contributed by atoms with E-state index in [1.807, 2.05) is 48.5 Å². The maximum Gasteiger partial charge on any atom is 0.268 e. The maximum absolute atomic E-state index is 13.0. The summed E-state index contributed by atoms with van der Waals surface area (Å²) in [4.78, 5) is 30.9. The van der Waals surface area contributed by atoms with Crippen molar-refractivity contribution in [2.45, 2.75) is 29.4 Å². The van der Waals surface area contributed by atoms with Gasteiger partial charge in [-0.2, -0.15) is 0 Å². The van der Waals surface area contributed by atoms with Crippen LogP contribution in [0.3, 0.4) is 0 Å². The Morgan fingerprint density at radius 1 is 1.10 bits per heavy atom. The van der Waals surface area contributed by atoms with E-state index >= 15 is 0 Å². The fraction of sp³-hybridized carbons (Fsp3) is 0.227. The van der Waals surface area contributed by atoms with E-state index in [0.29, 0.717) is 11.7 Å². The van der Waals surface area contributed by atoms with Gasteiger partial charge < -0.3 is 5.32 Å². The second-order valence-corrected chi connectivity index (χ2v) is 8.71. The van der Waals surface area contributed by atoms with Crippen LogP contribution in [0, 0.1) is 0 Å². The summed E-state index contributed by atoms with van der Waals surface area (Å²) in [5.41, 5.74) is 2.81. The molecule has 0 radical (unpaired) electrons. The molecule has 0 atom stereocenters. The van der Waals surface area contributed by atoms with E-state index in [9.17, 15) is 9.59 Å². The average Bonchev–Trinajstić information content (AvgIpc) is 3.22. The number of thioether (sulfide) groups is 2. The Hall–Kier alpha value is -2.51. The largest absolute Gasteiger partial charge is 0.325 e. The smallest absolute Gasteiger partial charge is 0.268 e. The first-order chi connectivity index (χ1) is 14.2. The molecule has 29 heavy (non-hydrogen) atoms. The lowest BCUT2D eigenvalue weighted by molar-refractivity contribution is -0.113. The minimum atomic E-state index is -0.111. The number of carbonyl (C=O) groups excluding carboxylic acids is 1. The standard InChI is InChI=1S/C22H21N3O2S2/c26-19(23-17-9-5-2-6-10-17)15-29-22-24-18-12-14-28-20(18)21(27)25(22)13-11-16-7-3-1-4-8-16/h1-10H,11-15H2,(H,23,26). The minimum absolute atomic E-state index is 0.0133. The molecule has 1 aromatic heterocycles. The molecule has 0 fully saturated rings. The van der Waals surface area contributed by atoms with Gasteiger partial charge in [0, 0.05) is 24.4 Å². The van der Waals surface area contributed by atoms with Crippen LogP contribution < -0.4 is 10.9 Å². The number of carbonyl (C=O) groups is 1. The molecule has 4 rings (SSSR count). The highest BCUT2D eigenvalue weighted by atomic mass is 32.2. The van der Waals surface area contributed by atoms with Gasteiger partial charge in [-0.05, 0) is 24.1 Å². The first-order valence-corrected chi connectivity index (χ1v) is 11.5. The number of nitrogens with one attached hydrogen (secondary N) is 1. The summed E-state index contributed by atoms with van der Waals surface area (Å²) in [6.45, 7) is 0.548. The summed E-state index contributed by atoms with van der Waals surface area (Å²) < 4.78 is 1.73. The van der Waals surface area contributed by atoms with Crippen LogP contribution in [-0.4, -0.2) is 27.0 Å². The number of rotatable bonds is 7. The zero-order valence-corrected chi connectivity index (χ0v) is 17.5. The van der Waals surface area contributed by atoms with Crippen LogP contribution in [0.15, 0.2) is 75.5 Å². The third-order valence-corrected chi connectivity index (χ3v) is 6.69. The Kier molecular flexibility index (Phi) is 6.36. The Morgan fingerprint density at radius 2 is 1.83 bits per heavy atom. The predicted molar refractivity (Wildman–Crippen MR) is 119 cm³/mol. The van der Waals surface area contributed by atoms with Crippen molar-refractivity contribution in [3.05, 3.63) is 82.3 Å². The van der Waals surface area contributed by atoms with Crippen LogP contribution >= 0.6 is 23.5 Å². The fourth-order valence-electron chi connectivity index (χ4n) is 3.17. The molecule has 3 aromatic rings. The highest BCUT2D eigenvalue weighted by molar-refractivity contribution is 8.00. The number of benzene rings is 2. The fourth-order valence-corrected chi connectivity index (χ4v) is 5.05. The molecule has 0 spiro atoms. The molecule has 1 aliphatic heterocycles. The highest BCUT2D eigenvalue weighted by Crippen LogP contribution is 2.28. The first kappa shape index (κ1) is 19.8. The van der Waals surface area contributed by atoms with Gasteiger partial charge in [0.05, 0.1) is 16.3 Å². The van der Waals surface area contributed by atoms with Crippen molar-refractivity contribution in [2.24, 2.45) is 0 Å². The Balaban J connectivity index is 1.51. The van der Waals surface area contributed by atoms with Gasteiger partial charge in [0.1, 0.15) is 0 Å². The van der Waals surface area contributed by atoms with Crippen molar-refractivity contribution in [1.82, 2.24) is 9.55 Å². The van der Waals surface area contributed by atoms with Crippen molar-refractivity contribution in [3.63, 3.8) is 0 Å². The molecule has 5 nitrogen and oxygen atoms in total. The Morgan fingerprint density at radius 3 is 2.59 bits per heavy atom. The molecule has 0 saturated heterocycles. The van der Waals surface area contributed by atoms with Crippen LogP contribution in [0.4, 0.5) is 5.69 Å². The van der Waals surface area contributed by atoms with Gasteiger partial charge in [-0.15, -0.1) is 11.8 Å². The van der Waals surface area contributed by atoms with Gasteiger partial charge in [0.25, 0.3) is 5.56 Å². The van der Waals surface area contributed by atoms with Crippen LogP contribution in [0.2, 0.25) is 0 Å². The highest BCUT2D eigenvalue weighted by Gasteiger charge is 2.22. The van der Waals surface area contributed by atoms with Crippen molar-refractivity contribution >= 4 is 35.1 Å². The molecular formula is C22H21N3O2S2. The summed E-state index contributed by atoms with van der Waals surface area (Å²) in [5.74, 6) is 0.984. The van der Waals surface area contributed by atoms with Crippen molar-refractivity contribution in [3.8, 4) is 0 Å². The molecule has 0 saturated carbocycles. The van der Waals surface area contributed by atoms with Gasteiger partial charge in [0.2, 0.25) is 5.91 Å². The Labute approximate surface area is 177 Å². The number of amides is 1. The van der Waals surface area contributed by atoms with E-state index in [2.05, 4.69) is 17.4 Å². The number of nitrogens with zero attached hydrogens (tertiary/aromatic N) is 2. The molecule has 2 aromatic carbocycles. The number of anilines is 1. The van der Waals surface area contributed by atoms with E-state index in [4.69, 9.17) is 4.98 Å². The molecule has 2 heterocycles. The van der Waals surface area contributed by atoms with E-state index in [1.54, 1.807) is 16.3 Å². The van der Waals surface area contributed by atoms with Gasteiger partial charge >= 0.3 is 0 Å². The molecule has 1 amide bonds. The topological polar surface area (TPSA) is 64.0 Å². The van der Waals surface area contributed by atoms with Crippen LogP contribution in [0.25, 0.3) is 0 Å². The van der Waals surface area contributed by atoms with E-state index in [-0.39, 0.29) is 17.2 Å². The van der Waals surface area contributed by atoms with Crippen LogP contribution in [0.1, 0.15) is 11.3 Å². The van der Waals surface area contributed by atoms with Crippen LogP contribution in [-0.2, 0) is 24.2 Å². The monoisotopic (exact) mass is 423 g/mol. The first-order valence-electron chi connectivity index (χ1n) is 9.49. The lowest BCUT2D eigenvalue weighted by atomic mass is 10.1. The quantitative estimate of drug-likeness (QED) is 0.462. The molecule has 0 bridgehead atoms. The van der Waals surface area contributed by atoms with Gasteiger partial charge in [-0.1, -0.05) is 60.3 Å². The molecule has 0 aliphatic carbocycles. The SMILES string of the molecule is O=C(CSc1nc2c(c(=O)n1CCc1ccccc1)SCC2)Nc1ccccc1. The lowest BCUT2D eigenvalue weighted by Crippen LogP contribution is -2.27. The normalized spacial score (nSPS) is 12.6. The molecule has 148 valence electrons. The van der Waals surface area contributed by atoms with Gasteiger partial charge in [-0.3, -0.25) is 14.2 Å². The molecular weight excluding hydrogens is 402 g/mol. The predicted octanol–water partition coefficient (Wildman–Crippen LogP) is 3.87. The second kappa shape index (κ2) is 9.33.